The van der Waals surface area contributed by atoms with Gasteiger partial charge in [-0.2, -0.15) is 11.8 Å². The van der Waals surface area contributed by atoms with E-state index >= 15 is 0 Å². The molecule has 0 fully saturated rings. The number of aliphatic carboxylic acids is 1. The van der Waals surface area contributed by atoms with Crippen LogP contribution in [0.15, 0.2) is 24.3 Å². The van der Waals surface area contributed by atoms with Crippen molar-refractivity contribution in [1.82, 2.24) is 0 Å². The molecule has 0 aliphatic heterocycles. The molecule has 0 amide bonds. The van der Waals surface area contributed by atoms with E-state index in [9.17, 15) is 14.9 Å². The van der Waals surface area contributed by atoms with Crippen LogP contribution < -0.4 is 0 Å². The molecular weight excluding hydrogens is 242 g/mol. The molecule has 1 aromatic rings. The van der Waals surface area contributed by atoms with Crippen molar-refractivity contribution < 1.29 is 14.8 Å². The van der Waals surface area contributed by atoms with E-state index in [4.69, 9.17) is 5.11 Å². The molecule has 0 heterocycles. The number of benzene rings is 1. The first-order chi connectivity index (χ1) is 7.99. The highest BCUT2D eigenvalue weighted by molar-refractivity contribution is 7.99. The maximum atomic E-state index is 10.5. The second-order valence-corrected chi connectivity index (χ2v) is 5.07. The Morgan fingerprint density at radius 1 is 1.47 bits per heavy atom. The molecule has 6 heteroatoms. The summed E-state index contributed by atoms with van der Waals surface area (Å²) in [6.45, 7) is 1.85. The van der Waals surface area contributed by atoms with E-state index in [0.29, 0.717) is 5.75 Å². The number of nitro groups is 1. The lowest BCUT2D eigenvalue weighted by Crippen LogP contribution is -2.05. The highest BCUT2D eigenvalue weighted by atomic mass is 32.2. The fourth-order valence-corrected chi connectivity index (χ4v) is 2.19. The van der Waals surface area contributed by atoms with E-state index in [-0.39, 0.29) is 17.4 Å². The highest BCUT2D eigenvalue weighted by Gasteiger charge is 2.09. The van der Waals surface area contributed by atoms with Gasteiger partial charge in [-0.05, 0) is 5.56 Å². The molecule has 1 aromatic carbocycles. The van der Waals surface area contributed by atoms with Crippen molar-refractivity contribution in [2.45, 2.75) is 24.3 Å². The van der Waals surface area contributed by atoms with Crippen LogP contribution in [-0.2, 0) is 10.5 Å². The molecule has 0 saturated heterocycles. The standard InChI is InChI=1S/C11H13NO4S/c1-8(6-11(13)14)17-7-9-2-4-10(5-3-9)12(15)16/h2-5,8H,6-7H2,1H3,(H,13,14). The zero-order chi connectivity index (χ0) is 12.8. The lowest BCUT2D eigenvalue weighted by Gasteiger charge is -2.07. The lowest BCUT2D eigenvalue weighted by atomic mass is 10.2. The van der Waals surface area contributed by atoms with Crippen LogP contribution in [0.4, 0.5) is 5.69 Å². The third-order valence-corrected chi connectivity index (χ3v) is 3.38. The van der Waals surface area contributed by atoms with Crippen molar-refractivity contribution in [3.05, 3.63) is 39.9 Å². The number of carbonyl (C=O) groups is 1. The second-order valence-electron chi connectivity index (χ2n) is 3.64. The molecule has 0 bridgehead atoms. The first kappa shape index (κ1) is 13.5. The van der Waals surface area contributed by atoms with Crippen LogP contribution >= 0.6 is 11.8 Å². The molecule has 0 radical (unpaired) electrons. The van der Waals surface area contributed by atoms with Gasteiger partial charge in [0.25, 0.3) is 5.69 Å². The topological polar surface area (TPSA) is 80.4 Å². The first-order valence-electron chi connectivity index (χ1n) is 5.05. The van der Waals surface area contributed by atoms with E-state index < -0.39 is 10.9 Å². The normalized spacial score (nSPS) is 12.1. The summed E-state index contributed by atoms with van der Waals surface area (Å²) in [5.74, 6) is -0.152. The Bertz CT molecular complexity index is 404. The summed E-state index contributed by atoms with van der Waals surface area (Å²) in [6.07, 6.45) is 0.123. The Kier molecular flexibility index (Phi) is 4.96. The highest BCUT2D eigenvalue weighted by Crippen LogP contribution is 2.21. The van der Waals surface area contributed by atoms with Gasteiger partial charge in [0.05, 0.1) is 11.3 Å². The van der Waals surface area contributed by atoms with Gasteiger partial charge in [0, 0.05) is 23.1 Å². The summed E-state index contributed by atoms with van der Waals surface area (Å²) in [6, 6.07) is 6.30. The number of nitrogens with zero attached hydrogens (tertiary/aromatic N) is 1. The minimum absolute atomic E-state index is 0.0303. The van der Waals surface area contributed by atoms with Crippen molar-refractivity contribution in [1.29, 1.82) is 0 Å². The smallest absolute Gasteiger partial charge is 0.304 e. The molecule has 1 unspecified atom stereocenters. The predicted molar refractivity (Wildman–Crippen MR) is 66.1 cm³/mol. The molecule has 0 aromatic heterocycles. The van der Waals surface area contributed by atoms with E-state index in [2.05, 4.69) is 0 Å². The second kappa shape index (κ2) is 6.24. The first-order valence-corrected chi connectivity index (χ1v) is 6.10. The van der Waals surface area contributed by atoms with Crippen molar-refractivity contribution >= 4 is 23.4 Å². The summed E-state index contributed by atoms with van der Waals surface area (Å²) in [5, 5.41) is 19.1. The van der Waals surface area contributed by atoms with E-state index in [1.807, 2.05) is 6.92 Å². The zero-order valence-corrected chi connectivity index (χ0v) is 10.1. The van der Waals surface area contributed by atoms with E-state index in [1.165, 1.54) is 23.9 Å². The maximum Gasteiger partial charge on any atom is 0.304 e. The number of rotatable bonds is 6. The number of hydrogen-bond donors (Lipinski definition) is 1. The van der Waals surface area contributed by atoms with Gasteiger partial charge in [0.2, 0.25) is 0 Å². The van der Waals surface area contributed by atoms with Crippen LogP contribution in [0.2, 0.25) is 0 Å². The Morgan fingerprint density at radius 2 is 2.06 bits per heavy atom. The monoisotopic (exact) mass is 255 g/mol. The number of nitro benzene ring substituents is 1. The van der Waals surface area contributed by atoms with E-state index in [1.54, 1.807) is 12.1 Å². The number of non-ortho nitro benzene ring substituents is 1. The molecule has 1 N–H and O–H groups in total. The molecule has 5 nitrogen and oxygen atoms in total. The third kappa shape index (κ3) is 4.86. The number of hydrogen-bond acceptors (Lipinski definition) is 4. The quantitative estimate of drug-likeness (QED) is 0.624. The van der Waals surface area contributed by atoms with Crippen molar-refractivity contribution in [3.8, 4) is 0 Å². The maximum absolute atomic E-state index is 10.5. The molecule has 17 heavy (non-hydrogen) atoms. The van der Waals surface area contributed by atoms with Crippen LogP contribution in [0.25, 0.3) is 0 Å². The zero-order valence-electron chi connectivity index (χ0n) is 9.33. The van der Waals surface area contributed by atoms with Gasteiger partial charge in [0.1, 0.15) is 0 Å². The summed E-state index contributed by atoms with van der Waals surface area (Å²) in [7, 11) is 0. The minimum atomic E-state index is -0.811. The molecular formula is C11H13NO4S. The summed E-state index contributed by atoms with van der Waals surface area (Å²) in [4.78, 5) is 20.4. The van der Waals surface area contributed by atoms with Gasteiger partial charge in [0.15, 0.2) is 0 Å². The predicted octanol–water partition coefficient (Wildman–Crippen LogP) is 2.69. The van der Waals surface area contributed by atoms with Gasteiger partial charge in [-0.1, -0.05) is 19.1 Å². The number of thioether (sulfide) groups is 1. The van der Waals surface area contributed by atoms with Gasteiger partial charge in [-0.15, -0.1) is 0 Å². The fourth-order valence-electron chi connectivity index (χ4n) is 1.26. The van der Waals surface area contributed by atoms with Crippen molar-refractivity contribution in [2.24, 2.45) is 0 Å². The molecule has 0 spiro atoms. The molecule has 0 aliphatic carbocycles. The fraction of sp³-hybridized carbons (Fsp3) is 0.364. The Morgan fingerprint density at radius 3 is 2.53 bits per heavy atom. The van der Waals surface area contributed by atoms with Crippen molar-refractivity contribution in [3.63, 3.8) is 0 Å². The minimum Gasteiger partial charge on any atom is -0.481 e. The molecule has 0 saturated carbocycles. The molecule has 1 atom stereocenters. The van der Waals surface area contributed by atoms with Gasteiger partial charge in [-0.25, -0.2) is 0 Å². The molecule has 1 rings (SSSR count). The van der Waals surface area contributed by atoms with Gasteiger partial charge < -0.3 is 5.11 Å². The molecule has 92 valence electrons. The van der Waals surface area contributed by atoms with E-state index in [0.717, 1.165) is 5.56 Å². The van der Waals surface area contributed by atoms with Crippen LogP contribution in [0.1, 0.15) is 18.9 Å². The Balaban J connectivity index is 2.47. The van der Waals surface area contributed by atoms with Crippen LogP contribution in [0, 0.1) is 10.1 Å². The summed E-state index contributed by atoms with van der Waals surface area (Å²) in [5.41, 5.74) is 1.02. The van der Waals surface area contributed by atoms with Crippen LogP contribution in [0.5, 0.6) is 0 Å². The molecule has 0 aliphatic rings. The SMILES string of the molecule is CC(CC(=O)O)SCc1ccc([N+](=O)[O-])cc1. The number of carboxylic acid groups (broad SMARTS) is 1. The van der Waals surface area contributed by atoms with Gasteiger partial charge >= 0.3 is 5.97 Å². The average Bonchev–Trinajstić information content (AvgIpc) is 2.26. The van der Waals surface area contributed by atoms with Crippen LogP contribution in [0.3, 0.4) is 0 Å². The van der Waals surface area contributed by atoms with Crippen LogP contribution in [-0.4, -0.2) is 21.2 Å². The van der Waals surface area contributed by atoms with Gasteiger partial charge in [-0.3, -0.25) is 14.9 Å². The Labute approximate surface area is 103 Å². The average molecular weight is 255 g/mol. The lowest BCUT2D eigenvalue weighted by molar-refractivity contribution is -0.384. The third-order valence-electron chi connectivity index (χ3n) is 2.14. The summed E-state index contributed by atoms with van der Waals surface area (Å²) < 4.78 is 0. The Hall–Kier alpha value is -1.56. The number of carboxylic acids is 1. The largest absolute Gasteiger partial charge is 0.481 e. The van der Waals surface area contributed by atoms with Crippen molar-refractivity contribution in [2.75, 3.05) is 0 Å². The summed E-state index contributed by atoms with van der Waals surface area (Å²) >= 11 is 1.52.